The molecule has 8 nitrogen and oxygen atoms in total. The van der Waals surface area contributed by atoms with Crippen molar-refractivity contribution >= 4 is 29.4 Å². The average Bonchev–Trinajstić information content (AvgIpc) is 3.26. The zero-order chi connectivity index (χ0) is 29.2. The van der Waals surface area contributed by atoms with E-state index in [1.165, 1.54) is 11.8 Å². The second kappa shape index (κ2) is 12.0. The van der Waals surface area contributed by atoms with Crippen LogP contribution in [0.15, 0.2) is 42.5 Å². The number of nitrogens with one attached hydrogen (secondary N) is 1. The molecule has 2 heterocycles. The summed E-state index contributed by atoms with van der Waals surface area (Å²) >= 11 is 1.52. The van der Waals surface area contributed by atoms with Crippen molar-refractivity contribution in [3.8, 4) is 17.2 Å². The molecule has 0 saturated carbocycles. The second-order valence-corrected chi connectivity index (χ2v) is 12.3. The first-order chi connectivity index (χ1) is 19.0. The zero-order valence-corrected chi connectivity index (χ0v) is 25.5. The molecule has 0 fully saturated rings. The lowest BCUT2D eigenvalue weighted by Crippen LogP contribution is -2.44. The number of fused-ring (bicyclic) bond motifs is 1. The monoisotopic (exact) mass is 564 g/mol. The highest BCUT2D eigenvalue weighted by Crippen LogP contribution is 2.51. The molecule has 1 aromatic heterocycles. The summed E-state index contributed by atoms with van der Waals surface area (Å²) < 4.78 is 13.2. The number of para-hydroxylation sites is 1. The first-order valence-electron chi connectivity index (χ1n) is 13.6. The van der Waals surface area contributed by atoms with Gasteiger partial charge in [-0.2, -0.15) is 5.10 Å². The summed E-state index contributed by atoms with van der Waals surface area (Å²) in [6.07, 6.45) is 0.799. The molecule has 4 rings (SSSR count). The van der Waals surface area contributed by atoms with E-state index in [9.17, 15) is 9.59 Å². The Balaban J connectivity index is 2.05. The molecule has 9 heteroatoms. The Labute approximate surface area is 241 Å². The summed E-state index contributed by atoms with van der Waals surface area (Å²) in [6, 6.07) is 13.7. The molecule has 0 radical (unpaired) electrons. The topological polar surface area (TPSA) is 85.7 Å². The van der Waals surface area contributed by atoms with Crippen LogP contribution in [-0.2, 0) is 15.0 Å². The zero-order valence-electron chi connectivity index (χ0n) is 24.7. The summed E-state index contributed by atoms with van der Waals surface area (Å²) in [5.41, 5.74) is 4.15. The van der Waals surface area contributed by atoms with Gasteiger partial charge in [-0.25, -0.2) is 4.68 Å². The Morgan fingerprint density at radius 1 is 1.18 bits per heavy atom. The SMILES string of the molecule is CC[C@H](C)NC(=O)CN1C(=O)CS[C@H](c2cc(OC)ccc2OC)c2c(C(C)(C)C)nn(-c3ccccc3C)c21. The molecule has 2 atom stereocenters. The van der Waals surface area contributed by atoms with Gasteiger partial charge in [-0.1, -0.05) is 45.9 Å². The number of amides is 2. The van der Waals surface area contributed by atoms with E-state index in [-0.39, 0.29) is 40.8 Å². The molecule has 40 heavy (non-hydrogen) atoms. The molecule has 0 aliphatic carbocycles. The Bertz CT molecular complexity index is 1390. The smallest absolute Gasteiger partial charge is 0.240 e. The lowest BCUT2D eigenvalue weighted by Gasteiger charge is -2.26. The lowest BCUT2D eigenvalue weighted by atomic mass is 9.87. The number of carbonyl (C=O) groups is 2. The van der Waals surface area contributed by atoms with Crippen molar-refractivity contribution in [1.82, 2.24) is 15.1 Å². The highest BCUT2D eigenvalue weighted by Gasteiger charge is 2.41. The Hall–Kier alpha value is -3.46. The fraction of sp³-hybridized carbons (Fsp3) is 0.452. The Morgan fingerprint density at radius 3 is 2.52 bits per heavy atom. The molecule has 2 amide bonds. The number of thioether (sulfide) groups is 1. The minimum Gasteiger partial charge on any atom is -0.497 e. The van der Waals surface area contributed by atoms with Crippen molar-refractivity contribution in [3.05, 3.63) is 64.8 Å². The van der Waals surface area contributed by atoms with Crippen molar-refractivity contribution in [2.45, 2.75) is 64.7 Å². The molecular formula is C31H40N4O4S. The molecule has 0 spiro atoms. The standard InChI is InChI=1S/C31H40N4O4S/c1-9-20(3)32-25(36)17-34-26(37)18-40-28(22-16-21(38-7)14-15-24(22)39-8)27-29(31(4,5)6)33-35(30(27)34)23-13-11-10-12-19(23)2/h10-16,20,28H,9,17-18H2,1-8H3,(H,32,36)/t20-,28+/m0/s1. The van der Waals surface area contributed by atoms with Crippen LogP contribution in [0, 0.1) is 6.92 Å². The van der Waals surface area contributed by atoms with E-state index in [0.29, 0.717) is 17.3 Å². The third-order valence-corrected chi connectivity index (χ3v) is 8.42. The van der Waals surface area contributed by atoms with Crippen LogP contribution < -0.4 is 19.7 Å². The van der Waals surface area contributed by atoms with Gasteiger partial charge in [0.1, 0.15) is 23.9 Å². The van der Waals surface area contributed by atoms with E-state index in [4.69, 9.17) is 14.6 Å². The van der Waals surface area contributed by atoms with Crippen LogP contribution in [0.3, 0.4) is 0 Å². The van der Waals surface area contributed by atoms with Gasteiger partial charge in [-0.05, 0) is 50.1 Å². The van der Waals surface area contributed by atoms with Crippen molar-refractivity contribution in [2.75, 3.05) is 31.4 Å². The quantitative estimate of drug-likeness (QED) is 0.385. The number of anilines is 1. The van der Waals surface area contributed by atoms with Crippen molar-refractivity contribution < 1.29 is 19.1 Å². The number of hydrogen-bond donors (Lipinski definition) is 1. The van der Waals surface area contributed by atoms with Gasteiger partial charge in [0.05, 0.1) is 36.6 Å². The van der Waals surface area contributed by atoms with Crippen LogP contribution in [0.25, 0.3) is 5.69 Å². The Kier molecular flexibility index (Phi) is 8.83. The summed E-state index contributed by atoms with van der Waals surface area (Å²) in [5.74, 6) is 1.85. The summed E-state index contributed by atoms with van der Waals surface area (Å²) in [7, 11) is 3.28. The predicted molar refractivity (Wildman–Crippen MR) is 161 cm³/mol. The van der Waals surface area contributed by atoms with Crippen LogP contribution in [0.4, 0.5) is 5.82 Å². The van der Waals surface area contributed by atoms with E-state index >= 15 is 0 Å². The van der Waals surface area contributed by atoms with E-state index in [1.807, 2.05) is 67.9 Å². The number of aryl methyl sites for hydroxylation is 1. The predicted octanol–water partition coefficient (Wildman–Crippen LogP) is 5.58. The first kappa shape index (κ1) is 29.5. The van der Waals surface area contributed by atoms with E-state index in [1.54, 1.807) is 19.1 Å². The molecule has 1 aliphatic rings. The molecule has 1 aliphatic heterocycles. The number of methoxy groups -OCH3 is 2. The fourth-order valence-electron chi connectivity index (χ4n) is 4.90. The minimum atomic E-state index is -0.360. The summed E-state index contributed by atoms with van der Waals surface area (Å²) in [4.78, 5) is 28.7. The van der Waals surface area contributed by atoms with Gasteiger partial charge in [-0.15, -0.1) is 11.8 Å². The van der Waals surface area contributed by atoms with Gasteiger partial charge in [0, 0.05) is 22.6 Å². The van der Waals surface area contributed by atoms with E-state index in [0.717, 1.165) is 34.5 Å². The number of aromatic nitrogens is 2. The van der Waals surface area contributed by atoms with Crippen LogP contribution in [0.2, 0.25) is 0 Å². The molecule has 1 N–H and O–H groups in total. The maximum absolute atomic E-state index is 13.9. The molecule has 0 saturated heterocycles. The molecule has 2 aromatic carbocycles. The molecule has 214 valence electrons. The number of ether oxygens (including phenoxy) is 2. The number of hydrogen-bond acceptors (Lipinski definition) is 6. The van der Waals surface area contributed by atoms with Gasteiger partial charge in [0.25, 0.3) is 0 Å². The number of benzene rings is 2. The number of nitrogens with zero attached hydrogens (tertiary/aromatic N) is 3. The van der Waals surface area contributed by atoms with Crippen molar-refractivity contribution in [1.29, 1.82) is 0 Å². The average molecular weight is 565 g/mol. The van der Waals surface area contributed by atoms with Crippen LogP contribution >= 0.6 is 11.8 Å². The maximum Gasteiger partial charge on any atom is 0.240 e. The van der Waals surface area contributed by atoms with E-state index in [2.05, 4.69) is 26.1 Å². The summed E-state index contributed by atoms with van der Waals surface area (Å²) in [5, 5.41) is 7.92. The highest BCUT2D eigenvalue weighted by atomic mass is 32.2. The van der Waals surface area contributed by atoms with Crippen LogP contribution in [0.1, 0.15) is 68.7 Å². The van der Waals surface area contributed by atoms with Gasteiger partial charge in [-0.3, -0.25) is 14.5 Å². The van der Waals surface area contributed by atoms with Gasteiger partial charge < -0.3 is 14.8 Å². The van der Waals surface area contributed by atoms with Gasteiger partial charge >= 0.3 is 0 Å². The molecular weight excluding hydrogens is 524 g/mol. The Morgan fingerprint density at radius 2 is 1.90 bits per heavy atom. The molecule has 3 aromatic rings. The molecule has 0 unspecified atom stereocenters. The maximum atomic E-state index is 13.9. The van der Waals surface area contributed by atoms with Gasteiger partial charge in [0.2, 0.25) is 11.8 Å². The largest absolute Gasteiger partial charge is 0.497 e. The normalized spacial score (nSPS) is 16.2. The third kappa shape index (κ3) is 5.84. The highest BCUT2D eigenvalue weighted by molar-refractivity contribution is 8.00. The van der Waals surface area contributed by atoms with Crippen molar-refractivity contribution in [3.63, 3.8) is 0 Å². The second-order valence-electron chi connectivity index (χ2n) is 11.2. The number of rotatable bonds is 8. The van der Waals surface area contributed by atoms with Crippen molar-refractivity contribution in [2.24, 2.45) is 0 Å². The van der Waals surface area contributed by atoms with Crippen LogP contribution in [-0.4, -0.2) is 54.2 Å². The first-order valence-corrected chi connectivity index (χ1v) is 14.7. The van der Waals surface area contributed by atoms with Gasteiger partial charge in [0.15, 0.2) is 0 Å². The van der Waals surface area contributed by atoms with Crippen LogP contribution in [0.5, 0.6) is 11.5 Å². The fourth-order valence-corrected chi connectivity index (χ4v) is 6.11. The van der Waals surface area contributed by atoms with E-state index < -0.39 is 0 Å². The summed E-state index contributed by atoms with van der Waals surface area (Å²) in [6.45, 7) is 12.3. The minimum absolute atomic E-state index is 0.00336. The molecule has 0 bridgehead atoms. The number of carbonyl (C=O) groups excluding carboxylic acids is 2. The third-order valence-electron chi connectivity index (χ3n) is 7.18. The lowest BCUT2D eigenvalue weighted by molar-refractivity contribution is -0.123.